The number of amides is 1. The molecule has 29 heavy (non-hydrogen) atoms. The third-order valence-corrected chi connectivity index (χ3v) is 5.27. The van der Waals surface area contributed by atoms with Gasteiger partial charge >= 0.3 is 6.18 Å². The second-order valence-corrected chi connectivity index (χ2v) is 7.09. The molecule has 0 aliphatic carbocycles. The summed E-state index contributed by atoms with van der Waals surface area (Å²) in [5.74, 6) is -1.20. The molecule has 0 atom stereocenters. The minimum absolute atomic E-state index is 0.0324. The van der Waals surface area contributed by atoms with Crippen molar-refractivity contribution in [3.8, 4) is 0 Å². The van der Waals surface area contributed by atoms with Crippen molar-refractivity contribution in [2.75, 3.05) is 25.5 Å². The van der Waals surface area contributed by atoms with Gasteiger partial charge in [0.25, 0.3) is 5.91 Å². The average molecular weight is 427 g/mol. The Kier molecular flexibility index (Phi) is 6.33. The number of nitrogens with zero attached hydrogens (tertiary/aromatic N) is 1. The number of halogens is 4. The molecule has 0 aliphatic rings. The van der Waals surface area contributed by atoms with Crippen LogP contribution in [-0.2, 0) is 17.5 Å². The van der Waals surface area contributed by atoms with Gasteiger partial charge < -0.3 is 15.4 Å². The summed E-state index contributed by atoms with van der Waals surface area (Å²) >= 11 is 1.13. The third kappa shape index (κ3) is 4.65. The van der Waals surface area contributed by atoms with Gasteiger partial charge in [-0.3, -0.25) is 4.79 Å². The Labute approximate surface area is 167 Å². The van der Waals surface area contributed by atoms with Crippen LogP contribution in [0.15, 0.2) is 36.5 Å². The van der Waals surface area contributed by atoms with E-state index in [9.17, 15) is 22.4 Å². The van der Waals surface area contributed by atoms with Crippen LogP contribution in [0.5, 0.6) is 0 Å². The Morgan fingerprint density at radius 3 is 2.72 bits per heavy atom. The number of ether oxygens (including phenoxy) is 1. The van der Waals surface area contributed by atoms with Crippen molar-refractivity contribution in [1.82, 2.24) is 10.3 Å². The highest BCUT2D eigenvalue weighted by molar-refractivity contribution is 7.21. The summed E-state index contributed by atoms with van der Waals surface area (Å²) in [5.41, 5.74) is -0.436. The zero-order chi connectivity index (χ0) is 21.0. The molecular formula is C19H17F4N3O2S. The maximum Gasteiger partial charge on any atom is 0.419 e. The first kappa shape index (κ1) is 21.0. The van der Waals surface area contributed by atoms with Gasteiger partial charge in [-0.1, -0.05) is 6.07 Å². The van der Waals surface area contributed by atoms with Gasteiger partial charge in [0, 0.05) is 42.0 Å². The molecule has 1 aromatic carbocycles. The summed E-state index contributed by atoms with van der Waals surface area (Å²) in [6, 6.07) is 6.71. The normalized spacial score (nSPS) is 11.6. The van der Waals surface area contributed by atoms with Crippen molar-refractivity contribution in [2.45, 2.75) is 12.8 Å². The standard InChI is InChI=1S/C19H17F4N3O2S/c1-28-10-11-15-13(20)5-2-6-14(15)29-16(11)18(27)26-9-8-25-17-12(19(21,22)23)4-3-7-24-17/h2-7H,8-10H2,1H3,(H,24,25)(H,26,27). The van der Waals surface area contributed by atoms with Crippen LogP contribution in [-0.4, -0.2) is 31.1 Å². The highest BCUT2D eigenvalue weighted by Crippen LogP contribution is 2.34. The maximum atomic E-state index is 14.2. The quantitative estimate of drug-likeness (QED) is 0.432. The van der Waals surface area contributed by atoms with Crippen LogP contribution in [0, 0.1) is 5.82 Å². The van der Waals surface area contributed by atoms with Crippen LogP contribution in [0.2, 0.25) is 0 Å². The van der Waals surface area contributed by atoms with Crippen LogP contribution < -0.4 is 10.6 Å². The number of methoxy groups -OCH3 is 1. The molecule has 5 nitrogen and oxygen atoms in total. The van der Waals surface area contributed by atoms with E-state index in [1.807, 2.05) is 0 Å². The molecule has 3 aromatic rings. The van der Waals surface area contributed by atoms with Gasteiger partial charge in [0.2, 0.25) is 0 Å². The van der Waals surface area contributed by atoms with E-state index in [-0.39, 0.29) is 25.5 Å². The minimum Gasteiger partial charge on any atom is -0.380 e. The first-order valence-electron chi connectivity index (χ1n) is 8.56. The van der Waals surface area contributed by atoms with Gasteiger partial charge in [0.15, 0.2) is 0 Å². The van der Waals surface area contributed by atoms with Crippen LogP contribution in [0.25, 0.3) is 10.1 Å². The van der Waals surface area contributed by atoms with Gasteiger partial charge in [-0.25, -0.2) is 9.37 Å². The van der Waals surface area contributed by atoms with Crippen molar-refractivity contribution in [1.29, 1.82) is 0 Å². The molecule has 10 heteroatoms. The number of alkyl halides is 3. The summed E-state index contributed by atoms with van der Waals surface area (Å²) in [5, 5.41) is 5.54. The van der Waals surface area contributed by atoms with Crippen LogP contribution in [0.3, 0.4) is 0 Å². The summed E-state index contributed by atoms with van der Waals surface area (Å²) in [4.78, 5) is 16.6. The Morgan fingerprint density at radius 1 is 1.21 bits per heavy atom. The van der Waals surface area contributed by atoms with E-state index in [1.54, 1.807) is 12.1 Å². The van der Waals surface area contributed by atoms with Gasteiger partial charge in [0.1, 0.15) is 11.6 Å². The lowest BCUT2D eigenvalue weighted by Crippen LogP contribution is -2.29. The minimum atomic E-state index is -4.53. The van der Waals surface area contributed by atoms with Crippen LogP contribution in [0.1, 0.15) is 20.8 Å². The summed E-state index contributed by atoms with van der Waals surface area (Å²) in [7, 11) is 1.45. The van der Waals surface area contributed by atoms with Crippen molar-refractivity contribution in [3.63, 3.8) is 0 Å². The van der Waals surface area contributed by atoms with E-state index in [0.29, 0.717) is 20.5 Å². The van der Waals surface area contributed by atoms with E-state index in [1.165, 1.54) is 25.4 Å². The second-order valence-electron chi connectivity index (χ2n) is 6.04. The molecule has 2 N–H and O–H groups in total. The molecule has 0 aliphatic heterocycles. The molecule has 0 unspecified atom stereocenters. The second kappa shape index (κ2) is 8.75. The largest absolute Gasteiger partial charge is 0.419 e. The fourth-order valence-corrected chi connectivity index (χ4v) is 3.98. The molecule has 0 fully saturated rings. The number of carbonyl (C=O) groups excluding carboxylic acids is 1. The van der Waals surface area contributed by atoms with E-state index < -0.39 is 23.5 Å². The molecule has 1 amide bonds. The summed E-state index contributed by atoms with van der Waals surface area (Å²) in [6.07, 6.45) is -3.28. The summed E-state index contributed by atoms with van der Waals surface area (Å²) in [6.45, 7) is 0.144. The predicted octanol–water partition coefficient (Wildman–Crippen LogP) is 4.44. The maximum absolute atomic E-state index is 14.2. The average Bonchev–Trinajstić information content (AvgIpc) is 3.05. The first-order valence-corrected chi connectivity index (χ1v) is 9.37. The molecule has 2 aromatic heterocycles. The molecule has 3 rings (SSSR count). The van der Waals surface area contributed by atoms with Crippen LogP contribution >= 0.6 is 11.3 Å². The highest BCUT2D eigenvalue weighted by atomic mass is 32.1. The highest BCUT2D eigenvalue weighted by Gasteiger charge is 2.34. The Hall–Kier alpha value is -2.72. The van der Waals surface area contributed by atoms with Crippen LogP contribution in [0.4, 0.5) is 23.4 Å². The molecule has 0 saturated carbocycles. The summed E-state index contributed by atoms with van der Waals surface area (Å²) < 4.78 is 58.8. The van der Waals surface area contributed by atoms with Crippen molar-refractivity contribution in [2.24, 2.45) is 0 Å². The van der Waals surface area contributed by atoms with Crippen molar-refractivity contribution in [3.05, 3.63) is 58.3 Å². The number of anilines is 1. The zero-order valence-corrected chi connectivity index (χ0v) is 16.1. The number of nitrogens with one attached hydrogen (secondary N) is 2. The molecule has 0 saturated heterocycles. The van der Waals surface area contributed by atoms with Gasteiger partial charge in [0.05, 0.1) is 17.0 Å². The number of rotatable bonds is 7. The smallest absolute Gasteiger partial charge is 0.380 e. The topological polar surface area (TPSA) is 63.2 Å². The first-order chi connectivity index (χ1) is 13.8. The fraction of sp³-hybridized carbons (Fsp3) is 0.263. The molecule has 2 heterocycles. The lowest BCUT2D eigenvalue weighted by atomic mass is 10.1. The number of aromatic nitrogens is 1. The molecule has 154 valence electrons. The molecular weight excluding hydrogens is 410 g/mol. The SMILES string of the molecule is COCc1c(C(=O)NCCNc2ncccc2C(F)(F)F)sc2cccc(F)c12. The van der Waals surface area contributed by atoms with E-state index in [0.717, 1.165) is 17.4 Å². The van der Waals surface area contributed by atoms with E-state index in [4.69, 9.17) is 4.74 Å². The number of thiophene rings is 1. The lowest BCUT2D eigenvalue weighted by Gasteiger charge is -2.13. The zero-order valence-electron chi connectivity index (χ0n) is 15.3. The number of fused-ring (bicyclic) bond motifs is 1. The van der Waals surface area contributed by atoms with Gasteiger partial charge in [-0.15, -0.1) is 11.3 Å². The Morgan fingerprint density at radius 2 is 2.00 bits per heavy atom. The number of carbonyl (C=O) groups is 1. The Balaban J connectivity index is 1.68. The fourth-order valence-electron chi connectivity index (χ4n) is 2.84. The molecule has 0 bridgehead atoms. The van der Waals surface area contributed by atoms with Crippen molar-refractivity contribution < 1.29 is 27.1 Å². The third-order valence-electron chi connectivity index (χ3n) is 4.07. The number of benzene rings is 1. The Bertz CT molecular complexity index is 1020. The van der Waals surface area contributed by atoms with Gasteiger partial charge in [-0.05, 0) is 24.3 Å². The number of hydrogen-bond acceptors (Lipinski definition) is 5. The number of hydrogen-bond donors (Lipinski definition) is 2. The van der Waals surface area contributed by atoms with E-state index in [2.05, 4.69) is 15.6 Å². The number of pyridine rings is 1. The molecule has 0 spiro atoms. The molecule has 0 radical (unpaired) electrons. The lowest BCUT2D eigenvalue weighted by molar-refractivity contribution is -0.137. The van der Waals surface area contributed by atoms with E-state index >= 15 is 0 Å². The van der Waals surface area contributed by atoms with Crippen molar-refractivity contribution >= 4 is 33.1 Å². The monoisotopic (exact) mass is 427 g/mol. The predicted molar refractivity (Wildman–Crippen MR) is 103 cm³/mol. The van der Waals surface area contributed by atoms with Gasteiger partial charge in [-0.2, -0.15) is 13.2 Å².